The van der Waals surface area contributed by atoms with E-state index in [1.165, 1.54) is 28.8 Å². The van der Waals surface area contributed by atoms with Gasteiger partial charge < -0.3 is 19.9 Å². The van der Waals surface area contributed by atoms with E-state index >= 15 is 0 Å². The first kappa shape index (κ1) is 31.5. The summed E-state index contributed by atoms with van der Waals surface area (Å²) in [5.41, 5.74) is 6.70. The third-order valence-electron chi connectivity index (χ3n) is 9.28. The zero-order chi connectivity index (χ0) is 31.5. The van der Waals surface area contributed by atoms with Gasteiger partial charge in [-0.2, -0.15) is 0 Å². The molecule has 6 rings (SSSR count). The minimum Gasteiger partial charge on any atom is -0.492 e. The van der Waals surface area contributed by atoms with E-state index in [4.69, 9.17) is 4.74 Å². The summed E-state index contributed by atoms with van der Waals surface area (Å²) < 4.78 is 20.1. The smallest absolute Gasteiger partial charge is 0.252 e. The second-order valence-electron chi connectivity index (χ2n) is 12.6. The number of halogens is 2. The van der Waals surface area contributed by atoms with Crippen LogP contribution >= 0.6 is 15.9 Å². The molecule has 2 bridgehead atoms. The van der Waals surface area contributed by atoms with Crippen LogP contribution in [0.25, 0.3) is 5.57 Å². The molecule has 0 spiro atoms. The summed E-state index contributed by atoms with van der Waals surface area (Å²) in [7, 11) is 0. The number of fused-ring (bicyclic) bond motifs is 2. The van der Waals surface area contributed by atoms with E-state index in [2.05, 4.69) is 81.6 Å². The summed E-state index contributed by atoms with van der Waals surface area (Å²) in [5, 5.41) is 3.69. The van der Waals surface area contributed by atoms with Crippen molar-refractivity contribution >= 4 is 33.3 Å². The second-order valence-corrected chi connectivity index (χ2v) is 13.4. The lowest BCUT2D eigenvalue weighted by molar-refractivity contribution is -0.132. The molecule has 0 unspecified atom stereocenters. The third kappa shape index (κ3) is 7.50. The van der Waals surface area contributed by atoms with Gasteiger partial charge >= 0.3 is 0 Å². The van der Waals surface area contributed by atoms with E-state index in [0.717, 1.165) is 53.3 Å². The molecule has 1 aliphatic carbocycles. The van der Waals surface area contributed by atoms with E-state index in [-0.39, 0.29) is 35.8 Å². The summed E-state index contributed by atoms with van der Waals surface area (Å²) in [6.45, 7) is 6.07. The number of ether oxygens (including phenoxy) is 1. The lowest BCUT2D eigenvalue weighted by atomic mass is 9.82. The molecule has 1 saturated carbocycles. The van der Waals surface area contributed by atoms with E-state index in [1.807, 2.05) is 4.90 Å². The number of hydrogen-bond donors (Lipinski definition) is 1. The first-order valence-corrected chi connectivity index (χ1v) is 16.8. The zero-order valence-corrected chi connectivity index (χ0v) is 27.6. The van der Waals surface area contributed by atoms with Crippen molar-refractivity contribution < 1.29 is 18.7 Å². The van der Waals surface area contributed by atoms with Gasteiger partial charge in [0.05, 0.1) is 17.1 Å². The van der Waals surface area contributed by atoms with Crippen LogP contribution in [0.5, 0.6) is 5.75 Å². The largest absolute Gasteiger partial charge is 0.492 e. The highest BCUT2D eigenvalue weighted by Gasteiger charge is 2.42. The average Bonchev–Trinajstić information content (AvgIpc) is 3.87. The molecule has 1 saturated heterocycles. The van der Waals surface area contributed by atoms with Gasteiger partial charge in [0.1, 0.15) is 11.6 Å². The number of carbonyl (C=O) groups is 2. The molecule has 2 atom stereocenters. The maximum Gasteiger partial charge on any atom is 0.252 e. The van der Waals surface area contributed by atoms with Gasteiger partial charge in [-0.3, -0.25) is 9.59 Å². The first-order valence-electron chi connectivity index (χ1n) is 16.0. The highest BCUT2D eigenvalue weighted by molar-refractivity contribution is 9.10. The normalized spacial score (nSPS) is 19.4. The Bertz CT molecular complexity index is 1590. The van der Waals surface area contributed by atoms with Gasteiger partial charge in [0.25, 0.3) is 5.91 Å². The number of aryl methyl sites for hydroxylation is 2. The molecule has 3 aromatic carbocycles. The fraction of sp³-hybridized carbons (Fsp3) is 0.405. The van der Waals surface area contributed by atoms with E-state index < -0.39 is 0 Å². The summed E-state index contributed by atoms with van der Waals surface area (Å²) in [6, 6.07) is 21.6. The van der Waals surface area contributed by atoms with Crippen LogP contribution in [0.4, 0.5) is 4.39 Å². The van der Waals surface area contributed by atoms with Crippen molar-refractivity contribution in [1.82, 2.24) is 15.1 Å². The molecule has 3 aromatic rings. The molecular formula is C37H41BrFN3O3. The molecule has 2 amide bonds. The number of hydrogen-bond acceptors (Lipinski definition) is 4. The van der Waals surface area contributed by atoms with Crippen LogP contribution in [0.3, 0.4) is 0 Å². The Morgan fingerprint density at radius 3 is 2.56 bits per heavy atom. The van der Waals surface area contributed by atoms with E-state index in [9.17, 15) is 14.0 Å². The molecule has 45 heavy (non-hydrogen) atoms. The number of nitrogens with zero attached hydrogens (tertiary/aromatic N) is 2. The molecule has 6 nitrogen and oxygen atoms in total. The van der Waals surface area contributed by atoms with Crippen LogP contribution in [-0.4, -0.2) is 66.0 Å². The minimum atomic E-state index is -0.321. The molecule has 3 aliphatic rings. The van der Waals surface area contributed by atoms with Crippen LogP contribution in [0.2, 0.25) is 0 Å². The molecular weight excluding hydrogens is 633 g/mol. The highest BCUT2D eigenvalue weighted by Crippen LogP contribution is 2.37. The molecule has 2 aliphatic heterocycles. The quantitative estimate of drug-likeness (QED) is 0.237. The Morgan fingerprint density at radius 1 is 1.04 bits per heavy atom. The molecule has 2 fully saturated rings. The average molecular weight is 675 g/mol. The molecule has 0 aromatic heterocycles. The van der Waals surface area contributed by atoms with Crippen LogP contribution in [0.1, 0.15) is 54.9 Å². The zero-order valence-electron chi connectivity index (χ0n) is 26.0. The number of carbonyl (C=O) groups excluding carboxylic acids is 2. The van der Waals surface area contributed by atoms with Gasteiger partial charge in [0.2, 0.25) is 5.91 Å². The Morgan fingerprint density at radius 2 is 1.82 bits per heavy atom. The number of nitrogens with one attached hydrogen (secondary N) is 1. The van der Waals surface area contributed by atoms with Gasteiger partial charge in [0, 0.05) is 50.3 Å². The Labute approximate surface area is 273 Å². The van der Waals surface area contributed by atoms with Crippen molar-refractivity contribution in [3.8, 4) is 5.75 Å². The fourth-order valence-electron chi connectivity index (χ4n) is 6.67. The van der Waals surface area contributed by atoms with Crippen molar-refractivity contribution in [2.45, 2.75) is 70.5 Å². The van der Waals surface area contributed by atoms with Crippen LogP contribution < -0.4 is 10.1 Å². The van der Waals surface area contributed by atoms with Crippen molar-refractivity contribution in [2.75, 3.05) is 26.2 Å². The Kier molecular flexibility index (Phi) is 9.71. The summed E-state index contributed by atoms with van der Waals surface area (Å²) in [6.07, 6.45) is 5.22. The standard InChI is InChI=1S/C37H41BrFN3O3/c1-24-6-3-4-8-27(24)17-18-42(31-14-15-31)37(44)36-32(21-30-22-41(25(2)43)23-34(36)40-30)28-11-9-26(10-12-28)7-5-19-45-35-20-29(39)13-16-33(35)38/h3-4,6,8-13,16,20,30-31,34,40H,5,7,14-15,17-19,21-23H2,1-2H3/t30-,34-/m1/s1. The van der Waals surface area contributed by atoms with Gasteiger partial charge in [-0.1, -0.05) is 48.5 Å². The van der Waals surface area contributed by atoms with Gasteiger partial charge in [0.15, 0.2) is 0 Å². The lowest BCUT2D eigenvalue weighted by Crippen LogP contribution is -2.62. The Balaban J connectivity index is 1.21. The molecule has 236 valence electrons. The van der Waals surface area contributed by atoms with Crippen LogP contribution in [0, 0.1) is 12.7 Å². The number of benzene rings is 3. The number of rotatable bonds is 11. The van der Waals surface area contributed by atoms with Crippen molar-refractivity contribution in [3.63, 3.8) is 0 Å². The summed E-state index contributed by atoms with van der Waals surface area (Å²) in [4.78, 5) is 30.9. The minimum absolute atomic E-state index is 0.0541. The van der Waals surface area contributed by atoms with Crippen LogP contribution in [-0.2, 0) is 22.4 Å². The second kappa shape index (κ2) is 13.9. The lowest BCUT2D eigenvalue weighted by Gasteiger charge is -2.44. The summed E-state index contributed by atoms with van der Waals surface area (Å²) in [5.74, 6) is 0.345. The monoisotopic (exact) mass is 673 g/mol. The first-order chi connectivity index (χ1) is 21.8. The van der Waals surface area contributed by atoms with Crippen molar-refractivity contribution in [2.24, 2.45) is 0 Å². The van der Waals surface area contributed by atoms with Gasteiger partial charge in [-0.25, -0.2) is 4.39 Å². The maximum absolute atomic E-state index is 14.5. The highest BCUT2D eigenvalue weighted by atomic mass is 79.9. The molecule has 8 heteroatoms. The predicted molar refractivity (Wildman–Crippen MR) is 178 cm³/mol. The SMILES string of the molecule is CC(=O)N1C[C@H]2CC(c3ccc(CCCOc4cc(F)ccc4Br)cc3)=C(C(=O)N(CCc3ccccc3C)C3CC3)[C@@H](C1)N2. The topological polar surface area (TPSA) is 61.9 Å². The van der Waals surface area contributed by atoms with E-state index in [0.29, 0.717) is 38.4 Å². The van der Waals surface area contributed by atoms with Crippen molar-refractivity contribution in [3.05, 3.63) is 105 Å². The van der Waals surface area contributed by atoms with Gasteiger partial charge in [-0.15, -0.1) is 0 Å². The van der Waals surface area contributed by atoms with Crippen LogP contribution in [0.15, 0.2) is 76.8 Å². The number of piperazine rings is 1. The molecule has 1 N–H and O–H groups in total. The van der Waals surface area contributed by atoms with Crippen molar-refractivity contribution in [1.29, 1.82) is 0 Å². The predicted octanol–water partition coefficient (Wildman–Crippen LogP) is 6.49. The van der Waals surface area contributed by atoms with E-state index in [1.54, 1.807) is 13.0 Å². The molecule has 0 radical (unpaired) electrons. The third-order valence-corrected chi connectivity index (χ3v) is 9.93. The molecule has 2 heterocycles. The maximum atomic E-state index is 14.5. The Hall–Kier alpha value is -3.49. The summed E-state index contributed by atoms with van der Waals surface area (Å²) >= 11 is 3.41. The fourth-order valence-corrected chi connectivity index (χ4v) is 7.03. The number of amides is 2. The van der Waals surface area contributed by atoms with Gasteiger partial charge in [-0.05, 0) is 101 Å².